The molecular weight excluding hydrogens is 487 g/mol. The molecule has 2 aliphatic rings. The van der Waals surface area contributed by atoms with Crippen LogP contribution in [-0.2, 0) is 6.42 Å². The molecule has 30 heavy (non-hydrogen) atoms. The maximum absolute atomic E-state index is 5.33. The Hall–Kier alpha value is -1.80. The van der Waals surface area contributed by atoms with Crippen LogP contribution < -0.4 is 15.4 Å². The molecule has 0 radical (unpaired) electrons. The van der Waals surface area contributed by atoms with Gasteiger partial charge in [0.05, 0.1) is 13.2 Å². The van der Waals surface area contributed by atoms with E-state index in [0.717, 1.165) is 44.3 Å². The monoisotopic (exact) mass is 520 g/mol. The predicted molar refractivity (Wildman–Crippen MR) is 134 cm³/mol. The number of nitrogens with zero attached hydrogens (tertiary/aromatic N) is 2. The van der Waals surface area contributed by atoms with E-state index in [1.54, 1.807) is 7.11 Å². The molecule has 2 aromatic rings. The van der Waals surface area contributed by atoms with Crippen LogP contribution in [0.15, 0.2) is 53.5 Å². The second kappa shape index (κ2) is 11.0. The maximum Gasteiger partial charge on any atom is 0.191 e. The highest BCUT2D eigenvalue weighted by Gasteiger charge is 2.26. The van der Waals surface area contributed by atoms with Crippen molar-refractivity contribution in [3.05, 3.63) is 65.2 Å². The molecule has 2 unspecified atom stereocenters. The van der Waals surface area contributed by atoms with Gasteiger partial charge in [-0.1, -0.05) is 36.4 Å². The van der Waals surface area contributed by atoms with Crippen LogP contribution in [0.3, 0.4) is 0 Å². The first-order valence-electron chi connectivity index (χ1n) is 10.7. The number of fused-ring (bicyclic) bond motifs is 1. The summed E-state index contributed by atoms with van der Waals surface area (Å²) in [6.07, 6.45) is 3.71. The van der Waals surface area contributed by atoms with Gasteiger partial charge in [0, 0.05) is 26.1 Å². The van der Waals surface area contributed by atoms with Crippen molar-refractivity contribution in [3.8, 4) is 5.75 Å². The zero-order valence-electron chi connectivity index (χ0n) is 17.9. The molecule has 0 spiro atoms. The third-order valence-corrected chi connectivity index (χ3v) is 6.25. The number of ether oxygens (including phenoxy) is 1. The van der Waals surface area contributed by atoms with E-state index >= 15 is 0 Å². The van der Waals surface area contributed by atoms with Crippen LogP contribution >= 0.6 is 24.0 Å². The Morgan fingerprint density at radius 1 is 1.10 bits per heavy atom. The van der Waals surface area contributed by atoms with E-state index in [1.807, 2.05) is 7.05 Å². The van der Waals surface area contributed by atoms with Gasteiger partial charge < -0.3 is 15.4 Å². The summed E-state index contributed by atoms with van der Waals surface area (Å²) in [5.74, 6) is 2.37. The fraction of sp³-hybridized carbons (Fsp3) is 0.458. The highest BCUT2D eigenvalue weighted by molar-refractivity contribution is 14.0. The highest BCUT2D eigenvalue weighted by Crippen LogP contribution is 2.34. The predicted octanol–water partition coefficient (Wildman–Crippen LogP) is 3.96. The van der Waals surface area contributed by atoms with Gasteiger partial charge in [0.15, 0.2) is 5.96 Å². The highest BCUT2D eigenvalue weighted by atomic mass is 127. The zero-order valence-corrected chi connectivity index (χ0v) is 20.3. The molecule has 0 aromatic heterocycles. The Labute approximate surface area is 197 Å². The normalized spacial score (nSPS) is 19.3. The van der Waals surface area contributed by atoms with Crippen LogP contribution in [0, 0.1) is 0 Å². The number of benzene rings is 2. The summed E-state index contributed by atoms with van der Waals surface area (Å²) < 4.78 is 5.33. The molecule has 1 heterocycles. The van der Waals surface area contributed by atoms with Crippen LogP contribution in [0.25, 0.3) is 0 Å². The van der Waals surface area contributed by atoms with E-state index < -0.39 is 0 Å². The fourth-order valence-corrected chi connectivity index (χ4v) is 4.52. The number of hydrogen-bond acceptors (Lipinski definition) is 3. The Balaban J connectivity index is 0.00000256. The average Bonchev–Trinajstić information content (AvgIpc) is 3.28. The van der Waals surface area contributed by atoms with Gasteiger partial charge in [-0.05, 0) is 61.2 Å². The quantitative estimate of drug-likeness (QED) is 0.330. The van der Waals surface area contributed by atoms with E-state index in [2.05, 4.69) is 69.1 Å². The molecule has 2 N–H and O–H groups in total. The Kier molecular flexibility index (Phi) is 8.39. The first-order chi connectivity index (χ1) is 14.3. The number of hydrogen-bond donors (Lipinski definition) is 2. The lowest BCUT2D eigenvalue weighted by Gasteiger charge is -2.31. The summed E-state index contributed by atoms with van der Waals surface area (Å²) in [4.78, 5) is 7.02. The molecule has 1 fully saturated rings. The van der Waals surface area contributed by atoms with E-state index in [-0.39, 0.29) is 24.0 Å². The molecule has 4 rings (SSSR count). The molecule has 2 atom stereocenters. The molecule has 0 saturated carbocycles. The third-order valence-electron chi connectivity index (χ3n) is 6.25. The van der Waals surface area contributed by atoms with Crippen LogP contribution in [0.2, 0.25) is 0 Å². The molecule has 162 valence electrons. The molecule has 1 aliphatic carbocycles. The van der Waals surface area contributed by atoms with Crippen LogP contribution in [-0.4, -0.2) is 51.2 Å². The van der Waals surface area contributed by atoms with Gasteiger partial charge in [0.25, 0.3) is 0 Å². The number of methoxy groups -OCH3 is 1. The largest absolute Gasteiger partial charge is 0.497 e. The smallest absolute Gasteiger partial charge is 0.191 e. The Bertz CT molecular complexity index is 833. The molecule has 1 aliphatic heterocycles. The van der Waals surface area contributed by atoms with Crippen molar-refractivity contribution in [2.45, 2.75) is 31.2 Å². The third kappa shape index (κ3) is 5.27. The van der Waals surface area contributed by atoms with Crippen molar-refractivity contribution in [3.63, 3.8) is 0 Å². The standard InChI is InChI=1S/C24H32N4O.HI/c1-25-24(26-16-20-15-19-7-3-4-8-22(19)20)27-17-23(28-13-5-6-14-28)18-9-11-21(29-2)12-10-18;/h3-4,7-12,20,23H,5-6,13-17H2,1-2H3,(H2,25,26,27);1H. The molecule has 0 bridgehead atoms. The minimum absolute atomic E-state index is 0. The molecule has 6 heteroatoms. The van der Waals surface area contributed by atoms with E-state index in [0.29, 0.717) is 12.0 Å². The van der Waals surface area contributed by atoms with Gasteiger partial charge in [-0.25, -0.2) is 0 Å². The van der Waals surface area contributed by atoms with Gasteiger partial charge in [0.1, 0.15) is 5.75 Å². The minimum Gasteiger partial charge on any atom is -0.497 e. The maximum atomic E-state index is 5.33. The number of likely N-dealkylation sites (tertiary alicyclic amines) is 1. The summed E-state index contributed by atoms with van der Waals surface area (Å²) in [6.45, 7) is 4.08. The lowest BCUT2D eigenvalue weighted by molar-refractivity contribution is 0.245. The first kappa shape index (κ1) is 22.9. The van der Waals surface area contributed by atoms with Crippen LogP contribution in [0.1, 0.15) is 41.5 Å². The lowest BCUT2D eigenvalue weighted by Crippen LogP contribution is -2.44. The molecule has 2 aromatic carbocycles. The molecule has 5 nitrogen and oxygen atoms in total. The molecule has 0 amide bonds. The summed E-state index contributed by atoms with van der Waals surface area (Å²) >= 11 is 0. The average molecular weight is 520 g/mol. The Morgan fingerprint density at radius 3 is 2.50 bits per heavy atom. The summed E-state index contributed by atoms with van der Waals surface area (Å²) in [5.41, 5.74) is 4.28. The number of aliphatic imine (C=N–C) groups is 1. The van der Waals surface area contributed by atoms with Crippen LogP contribution in [0.5, 0.6) is 5.75 Å². The van der Waals surface area contributed by atoms with Gasteiger partial charge >= 0.3 is 0 Å². The molecular formula is C24H33IN4O. The van der Waals surface area contributed by atoms with E-state index in [9.17, 15) is 0 Å². The Morgan fingerprint density at radius 2 is 1.83 bits per heavy atom. The van der Waals surface area contributed by atoms with Gasteiger partial charge in [-0.15, -0.1) is 24.0 Å². The first-order valence-corrected chi connectivity index (χ1v) is 10.7. The number of halogens is 1. The topological polar surface area (TPSA) is 48.9 Å². The van der Waals surface area contributed by atoms with Crippen molar-refractivity contribution in [1.29, 1.82) is 0 Å². The van der Waals surface area contributed by atoms with Crippen molar-refractivity contribution in [1.82, 2.24) is 15.5 Å². The van der Waals surface area contributed by atoms with Gasteiger partial charge in [-0.2, -0.15) is 0 Å². The van der Waals surface area contributed by atoms with Gasteiger partial charge in [-0.3, -0.25) is 9.89 Å². The molecule has 1 saturated heterocycles. The summed E-state index contributed by atoms with van der Waals surface area (Å²) in [5, 5.41) is 7.10. The van der Waals surface area contributed by atoms with E-state index in [1.165, 1.54) is 29.5 Å². The number of guanidine groups is 1. The number of rotatable bonds is 7. The lowest BCUT2D eigenvalue weighted by atomic mass is 9.78. The van der Waals surface area contributed by atoms with E-state index in [4.69, 9.17) is 4.74 Å². The summed E-state index contributed by atoms with van der Waals surface area (Å²) in [6, 6.07) is 17.6. The van der Waals surface area contributed by atoms with Crippen molar-refractivity contribution in [2.75, 3.05) is 40.3 Å². The SMILES string of the molecule is CN=C(NCC1Cc2ccccc21)NCC(c1ccc(OC)cc1)N1CCCC1.I. The summed E-state index contributed by atoms with van der Waals surface area (Å²) in [7, 11) is 3.56. The second-order valence-electron chi connectivity index (χ2n) is 7.97. The zero-order chi connectivity index (χ0) is 20.1. The van der Waals surface area contributed by atoms with Gasteiger partial charge in [0.2, 0.25) is 0 Å². The van der Waals surface area contributed by atoms with Crippen molar-refractivity contribution in [2.24, 2.45) is 4.99 Å². The fourth-order valence-electron chi connectivity index (χ4n) is 4.52. The number of nitrogens with one attached hydrogen (secondary N) is 2. The van der Waals surface area contributed by atoms with Crippen molar-refractivity contribution >= 4 is 29.9 Å². The van der Waals surface area contributed by atoms with Crippen LogP contribution in [0.4, 0.5) is 0 Å². The van der Waals surface area contributed by atoms with Crippen molar-refractivity contribution < 1.29 is 4.74 Å². The minimum atomic E-state index is 0. The second-order valence-corrected chi connectivity index (χ2v) is 7.97.